The van der Waals surface area contributed by atoms with E-state index in [4.69, 9.17) is 17.0 Å². The van der Waals surface area contributed by atoms with Gasteiger partial charge in [0.25, 0.3) is 0 Å². The van der Waals surface area contributed by atoms with Gasteiger partial charge in [-0.15, -0.1) is 0 Å². The van der Waals surface area contributed by atoms with E-state index in [1.807, 2.05) is 12.1 Å². The molecule has 28 heavy (non-hydrogen) atoms. The minimum Gasteiger partial charge on any atom is -0.496 e. The highest BCUT2D eigenvalue weighted by Crippen LogP contribution is 2.22. The van der Waals surface area contributed by atoms with Gasteiger partial charge in [-0.1, -0.05) is 80.6 Å². The number of hydrogen-bond acceptors (Lipinski definition) is 2. The first-order valence-corrected chi connectivity index (χ1v) is 10.9. The van der Waals surface area contributed by atoms with Crippen molar-refractivity contribution in [1.29, 1.82) is 0 Å². The van der Waals surface area contributed by atoms with Crippen LogP contribution in [0.3, 0.4) is 0 Å². The Labute approximate surface area is 175 Å². The van der Waals surface area contributed by atoms with Crippen LogP contribution in [0.25, 0.3) is 0 Å². The van der Waals surface area contributed by atoms with E-state index in [-0.39, 0.29) is 0 Å². The van der Waals surface area contributed by atoms with Gasteiger partial charge in [0.15, 0.2) is 5.11 Å². The number of rotatable bonds is 6. The van der Waals surface area contributed by atoms with Gasteiger partial charge in [-0.2, -0.15) is 0 Å². The first kappa shape index (κ1) is 20.7. The zero-order valence-electron chi connectivity index (χ0n) is 16.9. The summed E-state index contributed by atoms with van der Waals surface area (Å²) in [4.78, 5) is 2.27. The second kappa shape index (κ2) is 11.1. The molecular formula is C24H32N2OS. The summed E-state index contributed by atoms with van der Waals surface area (Å²) in [6.07, 6.45) is 9.10. The number of hydrogen-bond donors (Lipinski definition) is 1. The van der Waals surface area contributed by atoms with Gasteiger partial charge in [0.05, 0.1) is 7.11 Å². The Balaban J connectivity index is 1.73. The zero-order chi connectivity index (χ0) is 19.6. The minimum absolute atomic E-state index is 0.490. The molecule has 150 valence electrons. The van der Waals surface area contributed by atoms with Crippen molar-refractivity contribution in [1.82, 2.24) is 10.2 Å². The molecule has 0 radical (unpaired) electrons. The number of benzene rings is 2. The minimum atomic E-state index is 0.490. The molecule has 1 fully saturated rings. The third kappa shape index (κ3) is 6.23. The van der Waals surface area contributed by atoms with Crippen LogP contribution in [0.5, 0.6) is 5.75 Å². The van der Waals surface area contributed by atoms with E-state index in [1.54, 1.807) is 7.11 Å². The molecule has 0 heterocycles. The topological polar surface area (TPSA) is 24.5 Å². The molecule has 4 heteroatoms. The SMILES string of the molecule is COc1ccccc1CN(Cc1ccccc1)C(=S)NC1CCCCCCC1. The molecule has 1 aliphatic carbocycles. The predicted molar refractivity (Wildman–Crippen MR) is 121 cm³/mol. The quantitative estimate of drug-likeness (QED) is 0.635. The third-order valence-electron chi connectivity index (χ3n) is 5.49. The van der Waals surface area contributed by atoms with Crippen molar-refractivity contribution >= 4 is 17.3 Å². The third-order valence-corrected chi connectivity index (χ3v) is 5.87. The van der Waals surface area contributed by atoms with Crippen molar-refractivity contribution in [3.63, 3.8) is 0 Å². The first-order valence-electron chi connectivity index (χ1n) is 10.5. The Morgan fingerprint density at radius 1 is 0.929 bits per heavy atom. The molecular weight excluding hydrogens is 364 g/mol. The lowest BCUT2D eigenvalue weighted by Crippen LogP contribution is -2.44. The average molecular weight is 397 g/mol. The number of methoxy groups -OCH3 is 1. The summed E-state index contributed by atoms with van der Waals surface area (Å²) in [6, 6.07) is 19.2. The lowest BCUT2D eigenvalue weighted by Gasteiger charge is -2.30. The fraction of sp³-hybridized carbons (Fsp3) is 0.458. The van der Waals surface area contributed by atoms with Crippen LogP contribution < -0.4 is 10.1 Å². The first-order chi connectivity index (χ1) is 13.8. The van der Waals surface area contributed by atoms with Gasteiger partial charge in [0, 0.05) is 24.7 Å². The molecule has 0 spiro atoms. The normalized spacial score (nSPS) is 15.3. The molecule has 1 saturated carbocycles. The van der Waals surface area contributed by atoms with Gasteiger partial charge in [0.2, 0.25) is 0 Å². The summed E-state index contributed by atoms with van der Waals surface area (Å²) in [7, 11) is 1.73. The van der Waals surface area contributed by atoms with Crippen LogP contribution in [0, 0.1) is 0 Å². The highest BCUT2D eigenvalue weighted by atomic mass is 32.1. The molecule has 0 aliphatic heterocycles. The lowest BCUT2D eigenvalue weighted by molar-refractivity contribution is 0.357. The highest BCUT2D eigenvalue weighted by Gasteiger charge is 2.18. The summed E-state index contributed by atoms with van der Waals surface area (Å²) in [6.45, 7) is 1.52. The Kier molecular flexibility index (Phi) is 8.16. The van der Waals surface area contributed by atoms with E-state index in [0.29, 0.717) is 6.04 Å². The standard InChI is InChI=1S/C24H32N2OS/c1-27-23-17-11-10-14-21(23)19-26(18-20-12-6-5-7-13-20)24(28)25-22-15-8-3-2-4-9-16-22/h5-7,10-14,17,22H,2-4,8-9,15-16,18-19H2,1H3,(H,25,28). The van der Waals surface area contributed by atoms with Crippen molar-refractivity contribution in [2.75, 3.05) is 7.11 Å². The number of para-hydroxylation sites is 1. The van der Waals surface area contributed by atoms with E-state index in [0.717, 1.165) is 29.5 Å². The molecule has 1 aliphatic rings. The molecule has 2 aromatic carbocycles. The van der Waals surface area contributed by atoms with Gasteiger partial charge in [-0.05, 0) is 36.7 Å². The van der Waals surface area contributed by atoms with E-state index >= 15 is 0 Å². The Morgan fingerprint density at radius 3 is 2.29 bits per heavy atom. The number of nitrogens with one attached hydrogen (secondary N) is 1. The molecule has 1 N–H and O–H groups in total. The van der Waals surface area contributed by atoms with Crippen LogP contribution in [0.2, 0.25) is 0 Å². The van der Waals surface area contributed by atoms with Crippen molar-refractivity contribution in [2.45, 2.75) is 64.1 Å². The summed E-state index contributed by atoms with van der Waals surface area (Å²) in [5, 5.41) is 4.53. The fourth-order valence-electron chi connectivity index (χ4n) is 3.91. The van der Waals surface area contributed by atoms with Crippen molar-refractivity contribution in [2.24, 2.45) is 0 Å². The van der Waals surface area contributed by atoms with Gasteiger partial charge in [-0.25, -0.2) is 0 Å². The van der Waals surface area contributed by atoms with Crippen molar-refractivity contribution < 1.29 is 4.74 Å². The fourth-order valence-corrected chi connectivity index (χ4v) is 4.20. The summed E-state index contributed by atoms with van der Waals surface area (Å²) in [5.74, 6) is 0.911. The number of ether oxygens (including phenoxy) is 1. The maximum atomic E-state index is 5.89. The summed E-state index contributed by atoms with van der Waals surface area (Å²) >= 11 is 5.89. The molecule has 0 amide bonds. The molecule has 0 unspecified atom stereocenters. The van der Waals surface area contributed by atoms with E-state index in [2.05, 4.69) is 52.7 Å². The van der Waals surface area contributed by atoms with Crippen molar-refractivity contribution in [3.05, 3.63) is 65.7 Å². The second-order valence-electron chi connectivity index (χ2n) is 7.65. The van der Waals surface area contributed by atoms with E-state index in [9.17, 15) is 0 Å². The van der Waals surface area contributed by atoms with Crippen LogP contribution in [-0.2, 0) is 13.1 Å². The van der Waals surface area contributed by atoms with Gasteiger partial charge in [0.1, 0.15) is 5.75 Å². The molecule has 0 atom stereocenters. The van der Waals surface area contributed by atoms with Crippen LogP contribution in [-0.4, -0.2) is 23.2 Å². The van der Waals surface area contributed by atoms with Gasteiger partial charge in [-0.3, -0.25) is 0 Å². The maximum Gasteiger partial charge on any atom is 0.169 e. The van der Waals surface area contributed by atoms with Crippen LogP contribution in [0.1, 0.15) is 56.1 Å². The van der Waals surface area contributed by atoms with E-state index < -0.39 is 0 Å². The van der Waals surface area contributed by atoms with Crippen LogP contribution >= 0.6 is 12.2 Å². The predicted octanol–water partition coefficient (Wildman–Crippen LogP) is 5.68. The largest absolute Gasteiger partial charge is 0.496 e. The molecule has 3 nitrogen and oxygen atoms in total. The number of thiocarbonyl (C=S) groups is 1. The maximum absolute atomic E-state index is 5.89. The summed E-state index contributed by atoms with van der Waals surface area (Å²) in [5.41, 5.74) is 2.42. The van der Waals surface area contributed by atoms with E-state index in [1.165, 1.54) is 50.5 Å². The average Bonchev–Trinajstić information content (AvgIpc) is 2.70. The van der Waals surface area contributed by atoms with Crippen LogP contribution in [0.4, 0.5) is 0 Å². The Hall–Kier alpha value is -2.07. The molecule has 0 aromatic heterocycles. The van der Waals surface area contributed by atoms with Crippen molar-refractivity contribution in [3.8, 4) is 5.75 Å². The Morgan fingerprint density at radius 2 is 1.57 bits per heavy atom. The Bertz CT molecular complexity index is 726. The monoisotopic (exact) mass is 396 g/mol. The molecule has 3 rings (SSSR count). The molecule has 0 bridgehead atoms. The number of nitrogens with zero attached hydrogens (tertiary/aromatic N) is 1. The smallest absolute Gasteiger partial charge is 0.169 e. The lowest BCUT2D eigenvalue weighted by atomic mass is 9.97. The molecule has 0 saturated heterocycles. The van der Waals surface area contributed by atoms with Crippen LogP contribution in [0.15, 0.2) is 54.6 Å². The van der Waals surface area contributed by atoms with Gasteiger partial charge < -0.3 is 15.0 Å². The highest BCUT2D eigenvalue weighted by molar-refractivity contribution is 7.80. The van der Waals surface area contributed by atoms with Gasteiger partial charge >= 0.3 is 0 Å². The second-order valence-corrected chi connectivity index (χ2v) is 8.03. The molecule has 2 aromatic rings. The zero-order valence-corrected chi connectivity index (χ0v) is 17.7. The summed E-state index contributed by atoms with van der Waals surface area (Å²) < 4.78 is 5.57.